The Morgan fingerprint density at radius 3 is 1.55 bits per heavy atom. The molecule has 1 aromatic heterocycles. The minimum atomic E-state index is -0.606. The summed E-state index contributed by atoms with van der Waals surface area (Å²) in [5.74, 6) is 0.731. The first-order chi connectivity index (χ1) is 29.7. The summed E-state index contributed by atoms with van der Waals surface area (Å²) < 4.78 is 0. The fraction of sp³-hybridized carbons (Fsp3) is 0.0345. The second-order valence-electron chi connectivity index (χ2n) is 16.4. The number of hydrogen-bond acceptors (Lipinski definition) is 2. The minimum Gasteiger partial charge on any atom is -0.228 e. The van der Waals surface area contributed by atoms with E-state index in [1.54, 1.807) is 0 Å². The number of fused-ring (bicyclic) bond motifs is 14. The van der Waals surface area contributed by atoms with E-state index in [2.05, 4.69) is 207 Å². The molecule has 0 saturated heterocycles. The highest BCUT2D eigenvalue weighted by molar-refractivity contribution is 6.21. The molecular formula is C58H36N2. The first-order valence-electron chi connectivity index (χ1n) is 20.8. The van der Waals surface area contributed by atoms with Gasteiger partial charge in [0.15, 0.2) is 5.82 Å². The smallest absolute Gasteiger partial charge is 0.160 e. The maximum atomic E-state index is 5.62. The first kappa shape index (κ1) is 33.3. The van der Waals surface area contributed by atoms with Crippen molar-refractivity contribution in [3.63, 3.8) is 0 Å². The van der Waals surface area contributed by atoms with Crippen molar-refractivity contribution in [2.45, 2.75) is 12.3 Å². The third kappa shape index (κ3) is 4.37. The van der Waals surface area contributed by atoms with Crippen LogP contribution in [0.25, 0.3) is 100 Å². The van der Waals surface area contributed by atoms with E-state index in [9.17, 15) is 0 Å². The van der Waals surface area contributed by atoms with Gasteiger partial charge in [0.25, 0.3) is 0 Å². The molecule has 0 aliphatic heterocycles. The average molecular weight is 761 g/mol. The van der Waals surface area contributed by atoms with E-state index < -0.39 is 5.41 Å². The summed E-state index contributed by atoms with van der Waals surface area (Å²) in [5.41, 5.74) is 23.4. The molecule has 3 aliphatic carbocycles. The van der Waals surface area contributed by atoms with Crippen LogP contribution < -0.4 is 0 Å². The molecule has 0 saturated carbocycles. The van der Waals surface area contributed by atoms with E-state index in [-0.39, 0.29) is 0 Å². The molecule has 2 heteroatoms. The van der Waals surface area contributed by atoms with E-state index in [0.29, 0.717) is 0 Å². The predicted molar refractivity (Wildman–Crippen MR) is 247 cm³/mol. The van der Waals surface area contributed by atoms with Crippen molar-refractivity contribution < 1.29 is 0 Å². The monoisotopic (exact) mass is 760 g/mol. The Morgan fingerprint density at radius 2 is 0.833 bits per heavy atom. The Kier molecular flexibility index (Phi) is 6.89. The Bertz CT molecular complexity index is 3420. The van der Waals surface area contributed by atoms with Gasteiger partial charge in [-0.25, -0.2) is 9.97 Å². The number of nitrogens with zero attached hydrogens (tertiary/aromatic N) is 2. The highest BCUT2D eigenvalue weighted by atomic mass is 14.9. The summed E-state index contributed by atoms with van der Waals surface area (Å²) >= 11 is 0. The Balaban J connectivity index is 1.12. The van der Waals surface area contributed by atoms with Gasteiger partial charge in [-0.3, -0.25) is 0 Å². The van der Waals surface area contributed by atoms with Crippen molar-refractivity contribution in [1.82, 2.24) is 9.97 Å². The molecule has 3 aliphatic rings. The zero-order valence-corrected chi connectivity index (χ0v) is 32.9. The number of hydrogen-bond donors (Lipinski definition) is 0. The molecule has 1 unspecified atom stereocenters. The highest BCUT2D eigenvalue weighted by Crippen LogP contribution is 2.67. The van der Waals surface area contributed by atoms with E-state index in [4.69, 9.17) is 9.97 Å². The third-order valence-electron chi connectivity index (χ3n) is 13.4. The molecule has 0 amide bonds. The summed E-state index contributed by atoms with van der Waals surface area (Å²) in [7, 11) is 0. The van der Waals surface area contributed by atoms with Crippen LogP contribution in [0.2, 0.25) is 0 Å². The summed E-state index contributed by atoms with van der Waals surface area (Å²) in [6.45, 7) is 2.17. The fourth-order valence-electron chi connectivity index (χ4n) is 11.0. The molecule has 278 valence electrons. The average Bonchev–Trinajstić information content (AvgIpc) is 3.92. The summed E-state index contributed by atoms with van der Waals surface area (Å²) in [6, 6.07) is 73.4. The molecular weight excluding hydrogens is 725 g/mol. The maximum absolute atomic E-state index is 5.62. The molecule has 0 bridgehead atoms. The number of aromatic nitrogens is 2. The number of rotatable bonds is 4. The van der Waals surface area contributed by atoms with E-state index in [0.717, 1.165) is 39.5 Å². The fourth-order valence-corrected chi connectivity index (χ4v) is 11.0. The zero-order chi connectivity index (χ0) is 39.5. The second kappa shape index (κ2) is 12.4. The third-order valence-corrected chi connectivity index (χ3v) is 13.4. The standard InChI is InChI=1S/C58H36N2/c1-35-55(38-18-6-3-7-19-38)59-57(60-56(35)39-32-30-37(31-33-39)36-16-4-2-5-17-36)47-27-15-25-44-42-22-10-12-28-49(42)58(54(44)47)50-29-13-11-23-45(50)53-46-26-14-24-43-40-20-8-9-21-41(40)48(52(43)46)34-51(53)58/h2-34H,1H3. The van der Waals surface area contributed by atoms with Gasteiger partial charge in [-0.05, 0) is 102 Å². The lowest BCUT2D eigenvalue weighted by atomic mass is 9.68. The van der Waals surface area contributed by atoms with Crippen molar-refractivity contribution in [3.05, 3.63) is 228 Å². The highest BCUT2D eigenvalue weighted by Gasteiger charge is 2.54. The van der Waals surface area contributed by atoms with Crippen LogP contribution in [0, 0.1) is 6.92 Å². The van der Waals surface area contributed by atoms with Crippen LogP contribution in [0.5, 0.6) is 0 Å². The van der Waals surface area contributed by atoms with Gasteiger partial charge >= 0.3 is 0 Å². The van der Waals surface area contributed by atoms with Gasteiger partial charge in [0.2, 0.25) is 0 Å². The largest absolute Gasteiger partial charge is 0.228 e. The van der Waals surface area contributed by atoms with Crippen molar-refractivity contribution in [2.75, 3.05) is 0 Å². The Labute approximate surface area is 349 Å². The van der Waals surface area contributed by atoms with Crippen molar-refractivity contribution >= 4 is 10.8 Å². The van der Waals surface area contributed by atoms with Crippen LogP contribution in [0.15, 0.2) is 200 Å². The molecule has 9 aromatic carbocycles. The van der Waals surface area contributed by atoms with Crippen LogP contribution in [0.4, 0.5) is 0 Å². The second-order valence-corrected chi connectivity index (χ2v) is 16.4. The number of benzene rings is 9. The van der Waals surface area contributed by atoms with E-state index >= 15 is 0 Å². The SMILES string of the molecule is Cc1c(-c2ccccc2)nc(-c2cccc3c2C2(c4ccccc4-3)c3ccccc3-c3c2cc2c4c(cccc34)-c3ccccc3-2)nc1-c1ccc(-c2ccccc2)cc1. The molecule has 1 atom stereocenters. The first-order valence-corrected chi connectivity index (χ1v) is 20.8. The lowest BCUT2D eigenvalue weighted by molar-refractivity contribution is 0.795. The van der Waals surface area contributed by atoms with E-state index in [1.165, 1.54) is 88.7 Å². The molecule has 60 heavy (non-hydrogen) atoms. The van der Waals surface area contributed by atoms with Gasteiger partial charge in [0.1, 0.15) is 0 Å². The summed E-state index contributed by atoms with van der Waals surface area (Å²) in [5, 5.41) is 2.66. The summed E-state index contributed by atoms with van der Waals surface area (Å²) in [4.78, 5) is 11.2. The molecule has 10 aromatic rings. The quantitative estimate of drug-likeness (QED) is 0.179. The Hall–Kier alpha value is -7.68. The molecule has 0 N–H and O–H groups in total. The topological polar surface area (TPSA) is 25.8 Å². The lowest BCUT2D eigenvalue weighted by Gasteiger charge is -2.32. The normalized spacial score (nSPS) is 14.8. The van der Waals surface area contributed by atoms with E-state index in [1.807, 2.05) is 0 Å². The zero-order valence-electron chi connectivity index (χ0n) is 32.9. The van der Waals surface area contributed by atoms with Crippen LogP contribution in [-0.4, -0.2) is 9.97 Å². The van der Waals surface area contributed by atoms with Crippen LogP contribution >= 0.6 is 0 Å². The molecule has 0 radical (unpaired) electrons. The van der Waals surface area contributed by atoms with Gasteiger partial charge in [-0.15, -0.1) is 0 Å². The van der Waals surface area contributed by atoms with Crippen LogP contribution in [0.3, 0.4) is 0 Å². The predicted octanol–water partition coefficient (Wildman–Crippen LogP) is 14.6. The van der Waals surface area contributed by atoms with Crippen molar-refractivity contribution in [2.24, 2.45) is 0 Å². The van der Waals surface area contributed by atoms with Gasteiger partial charge in [-0.2, -0.15) is 0 Å². The molecule has 1 spiro atoms. The lowest BCUT2D eigenvalue weighted by Crippen LogP contribution is -2.27. The van der Waals surface area contributed by atoms with Crippen molar-refractivity contribution in [3.8, 4) is 89.5 Å². The van der Waals surface area contributed by atoms with Crippen LogP contribution in [0.1, 0.15) is 27.8 Å². The van der Waals surface area contributed by atoms with Crippen molar-refractivity contribution in [1.29, 1.82) is 0 Å². The molecule has 1 heterocycles. The van der Waals surface area contributed by atoms with Gasteiger partial charge in [0, 0.05) is 22.3 Å². The molecule has 13 rings (SSSR count). The van der Waals surface area contributed by atoms with Gasteiger partial charge in [-0.1, -0.05) is 194 Å². The van der Waals surface area contributed by atoms with Crippen LogP contribution in [-0.2, 0) is 5.41 Å². The Morgan fingerprint density at radius 1 is 0.350 bits per heavy atom. The molecule has 0 fully saturated rings. The maximum Gasteiger partial charge on any atom is 0.160 e. The summed E-state index contributed by atoms with van der Waals surface area (Å²) in [6.07, 6.45) is 0. The minimum absolute atomic E-state index is 0.606. The molecule has 2 nitrogen and oxygen atoms in total. The van der Waals surface area contributed by atoms with Gasteiger partial charge in [0.05, 0.1) is 16.8 Å². The van der Waals surface area contributed by atoms with Gasteiger partial charge < -0.3 is 0 Å².